The highest BCUT2D eigenvalue weighted by atomic mass is 16.3. The van der Waals surface area contributed by atoms with E-state index in [-0.39, 0.29) is 0 Å². The fourth-order valence-corrected chi connectivity index (χ4v) is 1.69. The summed E-state index contributed by atoms with van der Waals surface area (Å²) in [5.74, 6) is -1.52. The van der Waals surface area contributed by atoms with Crippen molar-refractivity contribution in [3.63, 3.8) is 0 Å². The largest absolute Gasteiger partial charge is 0.466 e. The number of Topliss-reactive ketones (excluding diaryl/α,β-unsaturated/α-hetero) is 3. The van der Waals surface area contributed by atoms with Crippen LogP contribution >= 0.6 is 0 Å². The molecule has 0 amide bonds. The van der Waals surface area contributed by atoms with Crippen molar-refractivity contribution < 1.29 is 18.8 Å². The van der Waals surface area contributed by atoms with Crippen LogP contribution < -0.4 is 0 Å². The third-order valence-corrected chi connectivity index (χ3v) is 2.38. The van der Waals surface area contributed by atoms with E-state index in [9.17, 15) is 14.4 Å². The highest BCUT2D eigenvalue weighted by Gasteiger charge is 2.30. The lowest BCUT2D eigenvalue weighted by Gasteiger charge is -2.07. The smallest absolute Gasteiger partial charge is 0.184 e. The molecule has 0 aliphatic rings. The molecule has 1 aromatic heterocycles. The van der Waals surface area contributed by atoms with Crippen LogP contribution in [0.2, 0.25) is 0 Å². The first kappa shape index (κ1) is 12.4. The van der Waals surface area contributed by atoms with Crippen LogP contribution in [0.1, 0.15) is 35.7 Å². The lowest BCUT2D eigenvalue weighted by Crippen LogP contribution is -2.28. The monoisotopic (exact) mass is 222 g/mol. The molecule has 0 saturated carbocycles. The summed E-state index contributed by atoms with van der Waals surface area (Å²) in [6, 6.07) is 1.55. The Morgan fingerprint density at radius 2 is 1.62 bits per heavy atom. The third-order valence-electron chi connectivity index (χ3n) is 2.38. The minimum absolute atomic E-state index is 0.313. The third kappa shape index (κ3) is 2.27. The zero-order chi connectivity index (χ0) is 12.5. The standard InChI is InChI=1S/C12H14O4/c1-6-5-10(9(4)16-6)12(15)11(7(2)13)8(3)14/h5,11H,1-4H3. The number of carbonyl (C=O) groups is 3. The molecule has 0 spiro atoms. The fraction of sp³-hybridized carbons (Fsp3) is 0.417. The molecule has 0 unspecified atom stereocenters. The maximum atomic E-state index is 12.0. The van der Waals surface area contributed by atoms with E-state index < -0.39 is 23.3 Å². The molecule has 0 bridgehead atoms. The summed E-state index contributed by atoms with van der Waals surface area (Å²) >= 11 is 0. The summed E-state index contributed by atoms with van der Waals surface area (Å²) in [6.45, 7) is 5.83. The highest BCUT2D eigenvalue weighted by molar-refractivity contribution is 6.23. The van der Waals surface area contributed by atoms with Crippen LogP contribution in [0.5, 0.6) is 0 Å². The summed E-state index contributed by atoms with van der Waals surface area (Å²) < 4.78 is 5.20. The molecule has 1 rings (SSSR count). The minimum Gasteiger partial charge on any atom is -0.466 e. The van der Waals surface area contributed by atoms with Gasteiger partial charge in [-0.15, -0.1) is 0 Å². The van der Waals surface area contributed by atoms with Crippen LogP contribution in [0.3, 0.4) is 0 Å². The topological polar surface area (TPSA) is 64.3 Å². The van der Waals surface area contributed by atoms with Gasteiger partial charge in [0.2, 0.25) is 0 Å². The van der Waals surface area contributed by atoms with E-state index in [1.807, 2.05) is 0 Å². The van der Waals surface area contributed by atoms with E-state index in [1.54, 1.807) is 19.9 Å². The second kappa shape index (κ2) is 4.43. The lowest BCUT2D eigenvalue weighted by molar-refractivity contribution is -0.128. The van der Waals surface area contributed by atoms with Crippen molar-refractivity contribution in [1.82, 2.24) is 0 Å². The van der Waals surface area contributed by atoms with Gasteiger partial charge in [-0.05, 0) is 33.8 Å². The van der Waals surface area contributed by atoms with Gasteiger partial charge in [0.15, 0.2) is 5.78 Å². The number of ketones is 3. The molecule has 0 fully saturated rings. The van der Waals surface area contributed by atoms with Gasteiger partial charge in [-0.3, -0.25) is 14.4 Å². The quantitative estimate of drug-likeness (QED) is 0.576. The van der Waals surface area contributed by atoms with Crippen molar-refractivity contribution in [2.24, 2.45) is 5.92 Å². The second-order valence-corrected chi connectivity index (χ2v) is 3.85. The van der Waals surface area contributed by atoms with E-state index in [0.717, 1.165) is 0 Å². The summed E-state index contributed by atoms with van der Waals surface area (Å²) in [4.78, 5) is 34.5. The van der Waals surface area contributed by atoms with Gasteiger partial charge in [0.1, 0.15) is 29.0 Å². The van der Waals surface area contributed by atoms with Crippen molar-refractivity contribution >= 4 is 17.3 Å². The average molecular weight is 222 g/mol. The zero-order valence-electron chi connectivity index (χ0n) is 9.79. The fourth-order valence-electron chi connectivity index (χ4n) is 1.69. The molecule has 0 radical (unpaired) electrons. The SMILES string of the molecule is CC(=O)C(C(C)=O)C(=O)c1cc(C)oc1C. The molecule has 86 valence electrons. The van der Waals surface area contributed by atoms with Gasteiger partial charge in [0.25, 0.3) is 0 Å². The van der Waals surface area contributed by atoms with Crippen LogP contribution in [-0.4, -0.2) is 17.3 Å². The van der Waals surface area contributed by atoms with Gasteiger partial charge >= 0.3 is 0 Å². The van der Waals surface area contributed by atoms with Gasteiger partial charge in [-0.1, -0.05) is 0 Å². The van der Waals surface area contributed by atoms with Gasteiger partial charge in [0.05, 0.1) is 5.56 Å². The summed E-state index contributed by atoms with van der Waals surface area (Å²) in [5.41, 5.74) is 0.313. The van der Waals surface area contributed by atoms with Crippen LogP contribution in [0.25, 0.3) is 0 Å². The Kier molecular flexibility index (Phi) is 3.42. The van der Waals surface area contributed by atoms with Gasteiger partial charge < -0.3 is 4.42 Å². The van der Waals surface area contributed by atoms with E-state index in [1.165, 1.54) is 13.8 Å². The zero-order valence-corrected chi connectivity index (χ0v) is 9.79. The van der Waals surface area contributed by atoms with Crippen molar-refractivity contribution in [2.75, 3.05) is 0 Å². The van der Waals surface area contributed by atoms with E-state index >= 15 is 0 Å². The summed E-state index contributed by atoms with van der Waals surface area (Å²) in [6.07, 6.45) is 0. The molecule has 0 aromatic carbocycles. The Morgan fingerprint density at radius 3 is 1.94 bits per heavy atom. The van der Waals surface area contributed by atoms with Gasteiger partial charge in [-0.2, -0.15) is 0 Å². The first-order chi connectivity index (χ1) is 7.34. The van der Waals surface area contributed by atoms with Crippen LogP contribution in [-0.2, 0) is 9.59 Å². The maximum Gasteiger partial charge on any atom is 0.184 e. The summed E-state index contributed by atoms with van der Waals surface area (Å²) in [5, 5.41) is 0. The molecule has 0 aliphatic heterocycles. The molecule has 1 heterocycles. The molecule has 1 aromatic rings. The van der Waals surface area contributed by atoms with Crippen LogP contribution in [0.4, 0.5) is 0 Å². The van der Waals surface area contributed by atoms with E-state index in [4.69, 9.17) is 4.42 Å². The van der Waals surface area contributed by atoms with Crippen molar-refractivity contribution in [2.45, 2.75) is 27.7 Å². The van der Waals surface area contributed by atoms with Crippen molar-refractivity contribution in [1.29, 1.82) is 0 Å². The molecule has 0 aliphatic carbocycles. The second-order valence-electron chi connectivity index (χ2n) is 3.85. The Morgan fingerprint density at radius 1 is 1.12 bits per heavy atom. The van der Waals surface area contributed by atoms with E-state index in [0.29, 0.717) is 17.1 Å². The molecule has 0 saturated heterocycles. The molecule has 4 heteroatoms. The van der Waals surface area contributed by atoms with Crippen molar-refractivity contribution in [3.8, 4) is 0 Å². The Balaban J connectivity index is 3.14. The molecule has 16 heavy (non-hydrogen) atoms. The Labute approximate surface area is 93.6 Å². The molecular weight excluding hydrogens is 208 g/mol. The van der Waals surface area contributed by atoms with Gasteiger partial charge in [-0.25, -0.2) is 0 Å². The maximum absolute atomic E-state index is 12.0. The first-order valence-electron chi connectivity index (χ1n) is 4.96. The molecular formula is C12H14O4. The Bertz CT molecular complexity index is 440. The number of rotatable bonds is 4. The number of hydrogen-bond donors (Lipinski definition) is 0. The predicted molar refractivity (Wildman–Crippen MR) is 57.4 cm³/mol. The van der Waals surface area contributed by atoms with E-state index in [2.05, 4.69) is 0 Å². The minimum atomic E-state index is -1.20. The number of furan rings is 1. The number of hydrogen-bond acceptors (Lipinski definition) is 4. The van der Waals surface area contributed by atoms with Crippen LogP contribution in [0, 0.1) is 19.8 Å². The number of carbonyl (C=O) groups excluding carboxylic acids is 3. The predicted octanol–water partition coefficient (Wildman–Crippen LogP) is 1.87. The highest BCUT2D eigenvalue weighted by Crippen LogP contribution is 2.19. The summed E-state index contributed by atoms with van der Waals surface area (Å²) in [7, 11) is 0. The molecule has 0 N–H and O–H groups in total. The van der Waals surface area contributed by atoms with Crippen molar-refractivity contribution in [3.05, 3.63) is 23.2 Å². The number of aryl methyl sites for hydroxylation is 2. The average Bonchev–Trinajstić information content (AvgIpc) is 2.43. The lowest BCUT2D eigenvalue weighted by atomic mass is 9.91. The Hall–Kier alpha value is -1.71. The normalized spacial score (nSPS) is 10.6. The molecule has 0 atom stereocenters. The van der Waals surface area contributed by atoms with Gasteiger partial charge in [0, 0.05) is 0 Å². The molecule has 4 nitrogen and oxygen atoms in total. The first-order valence-corrected chi connectivity index (χ1v) is 4.96. The van der Waals surface area contributed by atoms with Crippen LogP contribution in [0.15, 0.2) is 10.5 Å².